The molecule has 1 saturated heterocycles. The third-order valence-electron chi connectivity index (χ3n) is 7.21. The molecule has 0 saturated carbocycles. The van der Waals surface area contributed by atoms with Crippen molar-refractivity contribution < 1.29 is 23.5 Å². The van der Waals surface area contributed by atoms with E-state index in [9.17, 15) is 13.6 Å². The predicted octanol–water partition coefficient (Wildman–Crippen LogP) is 3.32. The Balaban J connectivity index is 1.61. The number of halogens is 2. The standard InChI is InChI=1S/C27H33F2N5O3/c1-17(33(2)37-3)18-6-9-34(10-7-18)27-23-15-21(28)14-22(26(23)31-16-32-27)19-4-5-20(24(29)12-19)13-25(36)30-8-11-35/h4-5,12,14-18,35H,6-11,13H2,1-3H3,(H,30,36). The van der Waals surface area contributed by atoms with E-state index in [1.165, 1.54) is 30.6 Å². The average molecular weight is 514 g/mol. The molecule has 37 heavy (non-hydrogen) atoms. The van der Waals surface area contributed by atoms with Gasteiger partial charge < -0.3 is 20.2 Å². The lowest BCUT2D eigenvalue weighted by Crippen LogP contribution is -2.42. The second-order valence-electron chi connectivity index (χ2n) is 9.40. The van der Waals surface area contributed by atoms with E-state index >= 15 is 0 Å². The van der Waals surface area contributed by atoms with Crippen molar-refractivity contribution in [3.63, 3.8) is 0 Å². The normalized spacial score (nSPS) is 15.4. The summed E-state index contributed by atoms with van der Waals surface area (Å²) in [5, 5.41) is 13.8. The number of hydrogen-bond acceptors (Lipinski definition) is 7. The molecule has 0 aliphatic carbocycles. The number of anilines is 1. The lowest BCUT2D eigenvalue weighted by atomic mass is 9.90. The van der Waals surface area contributed by atoms with Gasteiger partial charge in [0.05, 0.1) is 25.7 Å². The van der Waals surface area contributed by atoms with Gasteiger partial charge in [-0.2, -0.15) is 5.06 Å². The Morgan fingerprint density at radius 3 is 2.68 bits per heavy atom. The van der Waals surface area contributed by atoms with Gasteiger partial charge in [0.2, 0.25) is 5.91 Å². The van der Waals surface area contributed by atoms with E-state index in [0.29, 0.717) is 33.8 Å². The topological polar surface area (TPSA) is 90.8 Å². The average Bonchev–Trinajstić information content (AvgIpc) is 2.91. The quantitative estimate of drug-likeness (QED) is 0.424. The Morgan fingerprint density at radius 1 is 1.24 bits per heavy atom. The van der Waals surface area contributed by atoms with E-state index in [1.807, 2.05) is 12.1 Å². The van der Waals surface area contributed by atoms with Crippen LogP contribution in [-0.4, -0.2) is 72.5 Å². The van der Waals surface area contributed by atoms with E-state index in [0.717, 1.165) is 25.9 Å². The van der Waals surface area contributed by atoms with Gasteiger partial charge in [-0.05, 0) is 55.0 Å². The van der Waals surface area contributed by atoms with Crippen LogP contribution in [0, 0.1) is 17.6 Å². The molecule has 1 aliphatic heterocycles. The molecular weight excluding hydrogens is 480 g/mol. The second kappa shape index (κ2) is 11.9. The summed E-state index contributed by atoms with van der Waals surface area (Å²) in [4.78, 5) is 28.3. The summed E-state index contributed by atoms with van der Waals surface area (Å²) in [7, 11) is 3.60. The zero-order valence-corrected chi connectivity index (χ0v) is 21.4. The van der Waals surface area contributed by atoms with Gasteiger partial charge in [-0.15, -0.1) is 0 Å². The lowest BCUT2D eigenvalue weighted by molar-refractivity contribution is -0.150. The molecule has 1 aromatic heterocycles. The number of nitrogens with one attached hydrogen (secondary N) is 1. The molecule has 10 heteroatoms. The maximum atomic E-state index is 14.9. The number of aliphatic hydroxyl groups is 1. The zero-order valence-electron chi connectivity index (χ0n) is 21.4. The minimum atomic E-state index is -0.569. The molecule has 3 aromatic rings. The SMILES string of the molecule is CON(C)C(C)C1CCN(c2ncnc3c(-c4ccc(CC(=O)NCCO)c(F)c4)cc(F)cc23)CC1. The number of hydroxylamine groups is 2. The van der Waals surface area contributed by atoms with E-state index in [1.54, 1.807) is 13.2 Å². The van der Waals surface area contributed by atoms with E-state index in [-0.39, 0.29) is 37.1 Å². The van der Waals surface area contributed by atoms with Crippen molar-refractivity contribution in [2.75, 3.05) is 45.3 Å². The number of carbonyl (C=O) groups excluding carboxylic acids is 1. The molecule has 1 atom stereocenters. The van der Waals surface area contributed by atoms with Crippen LogP contribution in [0.3, 0.4) is 0 Å². The molecule has 1 fully saturated rings. The van der Waals surface area contributed by atoms with Crippen LogP contribution < -0.4 is 10.2 Å². The number of fused-ring (bicyclic) bond motifs is 1. The van der Waals surface area contributed by atoms with Crippen molar-refractivity contribution in [2.24, 2.45) is 5.92 Å². The highest BCUT2D eigenvalue weighted by atomic mass is 19.1. The summed E-state index contributed by atoms with van der Waals surface area (Å²) in [6.45, 7) is 3.61. The van der Waals surface area contributed by atoms with Crippen LogP contribution in [0.1, 0.15) is 25.3 Å². The first kappa shape index (κ1) is 26.8. The van der Waals surface area contributed by atoms with Crippen molar-refractivity contribution in [1.82, 2.24) is 20.3 Å². The number of piperidine rings is 1. The van der Waals surface area contributed by atoms with Crippen LogP contribution >= 0.6 is 0 Å². The molecule has 4 rings (SSSR count). The molecule has 8 nitrogen and oxygen atoms in total. The van der Waals surface area contributed by atoms with Crippen LogP contribution in [0.5, 0.6) is 0 Å². The largest absolute Gasteiger partial charge is 0.395 e. The Kier molecular flexibility index (Phi) is 8.63. The van der Waals surface area contributed by atoms with Gasteiger partial charge in [0.15, 0.2) is 0 Å². The first-order valence-corrected chi connectivity index (χ1v) is 12.4. The van der Waals surface area contributed by atoms with Crippen LogP contribution in [0.25, 0.3) is 22.0 Å². The Morgan fingerprint density at radius 2 is 2.00 bits per heavy atom. The summed E-state index contributed by atoms with van der Waals surface area (Å²) in [5.41, 5.74) is 1.67. The van der Waals surface area contributed by atoms with Crippen molar-refractivity contribution in [3.05, 3.63) is 53.9 Å². The Labute approximate surface area is 215 Å². The zero-order chi connectivity index (χ0) is 26.5. The molecule has 0 spiro atoms. The lowest BCUT2D eigenvalue weighted by Gasteiger charge is -2.38. The molecule has 1 unspecified atom stereocenters. The first-order chi connectivity index (χ1) is 17.8. The highest BCUT2D eigenvalue weighted by Crippen LogP contribution is 2.35. The van der Waals surface area contributed by atoms with Crippen molar-refractivity contribution in [2.45, 2.75) is 32.2 Å². The maximum Gasteiger partial charge on any atom is 0.224 e. The van der Waals surface area contributed by atoms with Gasteiger partial charge in [-0.1, -0.05) is 12.1 Å². The summed E-state index contributed by atoms with van der Waals surface area (Å²) < 4.78 is 29.7. The van der Waals surface area contributed by atoms with Crippen LogP contribution in [0.2, 0.25) is 0 Å². The fourth-order valence-electron chi connectivity index (χ4n) is 4.94. The molecule has 2 heterocycles. The number of rotatable bonds is 9. The van der Waals surface area contributed by atoms with Gasteiger partial charge in [0.25, 0.3) is 0 Å². The van der Waals surface area contributed by atoms with Crippen LogP contribution in [0.15, 0.2) is 36.7 Å². The fraction of sp³-hybridized carbons (Fsp3) is 0.444. The molecule has 198 valence electrons. The van der Waals surface area contributed by atoms with Gasteiger partial charge >= 0.3 is 0 Å². The smallest absolute Gasteiger partial charge is 0.224 e. The number of hydrogen-bond donors (Lipinski definition) is 2. The summed E-state index contributed by atoms with van der Waals surface area (Å²) in [5.74, 6) is -0.290. The molecule has 1 aliphatic rings. The van der Waals surface area contributed by atoms with Gasteiger partial charge in [-0.3, -0.25) is 4.79 Å². The van der Waals surface area contributed by atoms with Crippen LogP contribution in [-0.2, 0) is 16.1 Å². The Bertz CT molecular complexity index is 1250. The molecular formula is C27H33F2N5O3. The van der Waals surface area contributed by atoms with E-state index in [2.05, 4.69) is 27.1 Å². The molecule has 0 radical (unpaired) electrons. The number of aromatic nitrogens is 2. The third-order valence-corrected chi connectivity index (χ3v) is 7.21. The Hall–Kier alpha value is -3.21. The summed E-state index contributed by atoms with van der Waals surface area (Å²) >= 11 is 0. The van der Waals surface area contributed by atoms with E-state index < -0.39 is 11.6 Å². The molecule has 1 amide bonds. The van der Waals surface area contributed by atoms with Gasteiger partial charge in [0, 0.05) is 43.7 Å². The number of amides is 1. The van der Waals surface area contributed by atoms with E-state index in [4.69, 9.17) is 9.94 Å². The number of aliphatic hydroxyl groups excluding tert-OH is 1. The fourth-order valence-corrected chi connectivity index (χ4v) is 4.94. The van der Waals surface area contributed by atoms with Crippen LogP contribution in [0.4, 0.5) is 14.6 Å². The molecule has 2 N–H and O–H groups in total. The van der Waals surface area contributed by atoms with Gasteiger partial charge in [0.1, 0.15) is 23.8 Å². The maximum absolute atomic E-state index is 14.9. The van der Waals surface area contributed by atoms with Crippen molar-refractivity contribution >= 4 is 22.6 Å². The molecule has 2 aromatic carbocycles. The summed E-state index contributed by atoms with van der Waals surface area (Å²) in [6, 6.07) is 7.52. The van der Waals surface area contributed by atoms with Gasteiger partial charge in [-0.25, -0.2) is 18.7 Å². The molecule has 0 bridgehead atoms. The van der Waals surface area contributed by atoms with Crippen molar-refractivity contribution in [1.29, 1.82) is 0 Å². The monoisotopic (exact) mass is 513 g/mol. The highest BCUT2D eigenvalue weighted by molar-refractivity contribution is 5.99. The van der Waals surface area contributed by atoms with Crippen molar-refractivity contribution in [3.8, 4) is 11.1 Å². The third kappa shape index (κ3) is 6.03. The first-order valence-electron chi connectivity index (χ1n) is 12.4. The second-order valence-corrected chi connectivity index (χ2v) is 9.40. The predicted molar refractivity (Wildman–Crippen MR) is 138 cm³/mol. The summed E-state index contributed by atoms with van der Waals surface area (Å²) in [6.07, 6.45) is 3.20. The minimum Gasteiger partial charge on any atom is -0.395 e. The highest BCUT2D eigenvalue weighted by Gasteiger charge is 2.28. The number of carbonyl (C=O) groups is 1. The minimum absolute atomic E-state index is 0.108. The number of nitrogens with zero attached hydrogens (tertiary/aromatic N) is 4. The number of benzene rings is 2.